The molecule has 0 radical (unpaired) electrons. The third-order valence-electron chi connectivity index (χ3n) is 3.98. The number of hydrogen-bond acceptors (Lipinski definition) is 6. The molecule has 0 saturated carbocycles. The van der Waals surface area contributed by atoms with Gasteiger partial charge in [0.25, 0.3) is 0 Å². The van der Waals surface area contributed by atoms with Crippen molar-refractivity contribution in [2.45, 2.75) is 0 Å². The molecule has 2 aromatic carbocycles. The van der Waals surface area contributed by atoms with Crippen molar-refractivity contribution in [3.8, 4) is 0 Å². The summed E-state index contributed by atoms with van der Waals surface area (Å²) in [5.74, 6) is -0.557. The van der Waals surface area contributed by atoms with E-state index in [9.17, 15) is 19.6 Å². The van der Waals surface area contributed by atoms with Crippen molar-refractivity contribution in [1.82, 2.24) is 0 Å². The van der Waals surface area contributed by atoms with Crippen LogP contribution in [0.15, 0.2) is 36.4 Å². The van der Waals surface area contributed by atoms with Gasteiger partial charge in [0.2, 0.25) is 0 Å². The van der Waals surface area contributed by atoms with Gasteiger partial charge in [-0.15, -0.1) is 0 Å². The van der Waals surface area contributed by atoms with Gasteiger partial charge in [-0.1, -0.05) is 36.4 Å². The lowest BCUT2D eigenvalue weighted by atomic mass is 9.76. The summed E-state index contributed by atoms with van der Waals surface area (Å²) in [6.07, 6.45) is 4.20. The molecule has 2 N–H and O–H groups in total. The fourth-order valence-corrected chi connectivity index (χ4v) is 2.64. The SMILES string of the molecule is COB(O)c1ccc(/C=C/c2ccc3c(c2)C(=O)OB3O)cc1C=O. The number of benzene rings is 2. The Morgan fingerprint density at radius 3 is 2.52 bits per heavy atom. The van der Waals surface area contributed by atoms with E-state index < -0.39 is 20.2 Å². The van der Waals surface area contributed by atoms with Gasteiger partial charge in [0.05, 0.1) is 5.56 Å². The van der Waals surface area contributed by atoms with E-state index in [1.807, 2.05) is 0 Å². The summed E-state index contributed by atoms with van der Waals surface area (Å²) in [5, 5.41) is 19.3. The second-order valence-electron chi connectivity index (χ2n) is 5.53. The minimum Gasteiger partial charge on any atom is -0.502 e. The minimum atomic E-state index is -1.21. The Bertz CT molecular complexity index is 864. The fourth-order valence-electron chi connectivity index (χ4n) is 2.64. The Morgan fingerprint density at radius 1 is 1.16 bits per heavy atom. The van der Waals surface area contributed by atoms with E-state index in [4.69, 9.17) is 9.31 Å². The van der Waals surface area contributed by atoms with Crippen LogP contribution in [0.25, 0.3) is 12.2 Å². The standard InChI is InChI=1S/C17H14B2O6/c1-24-18(22)15-6-4-11(8-13(15)10-20)2-3-12-5-7-16-14(9-12)17(21)25-19(16)23/h2-10,22-23H,1H3/b3-2+. The van der Waals surface area contributed by atoms with Crippen molar-refractivity contribution in [2.75, 3.05) is 7.11 Å². The highest BCUT2D eigenvalue weighted by Crippen LogP contribution is 2.15. The molecule has 2 aromatic rings. The molecular formula is C17H14B2O6. The molecule has 25 heavy (non-hydrogen) atoms. The summed E-state index contributed by atoms with van der Waals surface area (Å²) in [5.41, 5.74) is 3.00. The fraction of sp³-hybridized carbons (Fsp3) is 0.0588. The average Bonchev–Trinajstić information content (AvgIpc) is 2.92. The number of rotatable bonds is 5. The van der Waals surface area contributed by atoms with Gasteiger partial charge in [-0.05, 0) is 28.7 Å². The zero-order valence-electron chi connectivity index (χ0n) is 13.4. The highest BCUT2D eigenvalue weighted by molar-refractivity contribution is 6.66. The normalized spacial score (nSPS) is 13.1. The third-order valence-corrected chi connectivity index (χ3v) is 3.98. The Labute approximate surface area is 145 Å². The van der Waals surface area contributed by atoms with Gasteiger partial charge in [-0.3, -0.25) is 4.79 Å². The van der Waals surface area contributed by atoms with E-state index in [1.54, 1.807) is 48.6 Å². The van der Waals surface area contributed by atoms with E-state index >= 15 is 0 Å². The van der Waals surface area contributed by atoms with Crippen molar-refractivity contribution in [2.24, 2.45) is 0 Å². The zero-order chi connectivity index (χ0) is 18.0. The summed E-state index contributed by atoms with van der Waals surface area (Å²) in [6, 6.07) is 10.0. The van der Waals surface area contributed by atoms with Crippen LogP contribution in [0, 0.1) is 0 Å². The summed E-state index contributed by atoms with van der Waals surface area (Å²) < 4.78 is 9.57. The predicted molar refractivity (Wildman–Crippen MR) is 94.8 cm³/mol. The minimum absolute atomic E-state index is 0.331. The van der Waals surface area contributed by atoms with Crippen LogP contribution in [-0.2, 0) is 9.31 Å². The first-order chi connectivity index (χ1) is 12.0. The van der Waals surface area contributed by atoms with E-state index in [2.05, 4.69) is 0 Å². The van der Waals surface area contributed by atoms with Crippen LogP contribution < -0.4 is 10.9 Å². The summed E-state index contributed by atoms with van der Waals surface area (Å²) in [6.45, 7) is 0. The van der Waals surface area contributed by atoms with Crippen molar-refractivity contribution >= 4 is 49.6 Å². The molecule has 124 valence electrons. The molecule has 0 fully saturated rings. The van der Waals surface area contributed by atoms with Gasteiger partial charge in [0.1, 0.15) is 6.29 Å². The van der Waals surface area contributed by atoms with Gasteiger partial charge < -0.3 is 19.4 Å². The smallest absolute Gasteiger partial charge is 0.502 e. The molecule has 3 rings (SSSR count). The van der Waals surface area contributed by atoms with Gasteiger partial charge >= 0.3 is 20.2 Å². The molecule has 0 aliphatic carbocycles. The Kier molecular flexibility index (Phi) is 4.85. The summed E-state index contributed by atoms with van der Waals surface area (Å²) in [7, 11) is -1.02. The van der Waals surface area contributed by atoms with Gasteiger partial charge in [-0.2, -0.15) is 0 Å². The van der Waals surface area contributed by atoms with E-state index in [1.165, 1.54) is 7.11 Å². The summed E-state index contributed by atoms with van der Waals surface area (Å²) >= 11 is 0. The first-order valence-electron chi connectivity index (χ1n) is 7.54. The van der Waals surface area contributed by atoms with Crippen LogP contribution in [0.1, 0.15) is 31.8 Å². The maximum absolute atomic E-state index is 11.6. The number of hydrogen-bond donors (Lipinski definition) is 2. The molecule has 8 heteroatoms. The van der Waals surface area contributed by atoms with Gasteiger partial charge in [0.15, 0.2) is 0 Å². The van der Waals surface area contributed by atoms with Crippen LogP contribution in [0.3, 0.4) is 0 Å². The van der Waals surface area contributed by atoms with E-state index in [0.29, 0.717) is 28.3 Å². The highest BCUT2D eigenvalue weighted by Gasteiger charge is 2.35. The van der Waals surface area contributed by atoms with Crippen molar-refractivity contribution < 1.29 is 28.9 Å². The molecule has 6 nitrogen and oxygen atoms in total. The molecule has 0 saturated heterocycles. The lowest BCUT2D eigenvalue weighted by Gasteiger charge is -2.07. The van der Waals surface area contributed by atoms with Crippen LogP contribution in [0.2, 0.25) is 0 Å². The second kappa shape index (κ2) is 7.06. The van der Waals surface area contributed by atoms with Gasteiger partial charge in [0, 0.05) is 18.1 Å². The predicted octanol–water partition coefficient (Wildman–Crippen LogP) is -0.139. The maximum Gasteiger partial charge on any atom is 0.563 e. The average molecular weight is 336 g/mol. The second-order valence-corrected chi connectivity index (χ2v) is 5.53. The van der Waals surface area contributed by atoms with Crippen LogP contribution in [0.5, 0.6) is 0 Å². The Balaban J connectivity index is 1.87. The van der Waals surface area contributed by atoms with E-state index in [-0.39, 0.29) is 0 Å². The molecule has 0 amide bonds. The maximum atomic E-state index is 11.6. The molecule has 1 heterocycles. The largest absolute Gasteiger partial charge is 0.563 e. The number of carbonyl (C=O) groups excluding carboxylic acids is 2. The molecule has 0 aromatic heterocycles. The highest BCUT2D eigenvalue weighted by atomic mass is 16.6. The van der Waals surface area contributed by atoms with Crippen molar-refractivity contribution in [1.29, 1.82) is 0 Å². The quantitative estimate of drug-likeness (QED) is 0.449. The van der Waals surface area contributed by atoms with Gasteiger partial charge in [-0.25, -0.2) is 4.79 Å². The molecule has 0 atom stereocenters. The molecule has 0 bridgehead atoms. The molecule has 1 aliphatic heterocycles. The molecule has 0 spiro atoms. The monoisotopic (exact) mass is 336 g/mol. The number of fused-ring (bicyclic) bond motifs is 1. The summed E-state index contributed by atoms with van der Waals surface area (Å²) in [4.78, 5) is 22.8. The lowest BCUT2D eigenvalue weighted by molar-refractivity contribution is 0.0727. The van der Waals surface area contributed by atoms with Crippen LogP contribution in [0.4, 0.5) is 0 Å². The van der Waals surface area contributed by atoms with Crippen LogP contribution in [-0.4, -0.2) is 43.7 Å². The first kappa shape index (κ1) is 17.2. The van der Waals surface area contributed by atoms with Crippen molar-refractivity contribution in [3.05, 3.63) is 58.7 Å². The zero-order valence-corrected chi connectivity index (χ0v) is 13.4. The molecule has 1 aliphatic rings. The Morgan fingerprint density at radius 2 is 1.84 bits per heavy atom. The van der Waals surface area contributed by atoms with Crippen LogP contribution >= 0.6 is 0 Å². The van der Waals surface area contributed by atoms with Crippen molar-refractivity contribution in [3.63, 3.8) is 0 Å². The number of aldehydes is 1. The number of carbonyl (C=O) groups is 2. The third kappa shape index (κ3) is 3.41. The Hall–Kier alpha value is -2.67. The molecular weight excluding hydrogens is 322 g/mol. The van der Waals surface area contributed by atoms with E-state index in [0.717, 1.165) is 11.1 Å². The first-order valence-corrected chi connectivity index (χ1v) is 7.54. The molecule has 0 unspecified atom stereocenters. The topological polar surface area (TPSA) is 93.1 Å². The lowest BCUT2D eigenvalue weighted by Crippen LogP contribution is -2.35.